The lowest BCUT2D eigenvalue weighted by molar-refractivity contribution is -0.236. The SMILES string of the molecule is Cc1cncc(CN(CCN(C)C)C(=O)C[C@@]23CC[C@]4(C)[C@H](CC[C@@H]5[C@@]6(C)CC[C@H](OC(=O)[C@H]7C[C@@H](C(=O)O)C7(C)C)C(C)(C)[C@@H]6CC[C@]54C)C2=C(C(C)C)C(=O)C3)n1. The zero-order valence-electron chi connectivity index (χ0n) is 38.4. The van der Waals surface area contributed by atoms with Crippen molar-refractivity contribution in [1.29, 1.82) is 0 Å². The second-order valence-corrected chi connectivity index (χ2v) is 22.7. The first kappa shape index (κ1) is 43.9. The third kappa shape index (κ3) is 6.92. The molecule has 5 saturated carbocycles. The van der Waals surface area contributed by atoms with E-state index >= 15 is 0 Å². The van der Waals surface area contributed by atoms with Gasteiger partial charge in [-0.05, 0) is 130 Å². The Labute approximate surface area is 354 Å². The van der Waals surface area contributed by atoms with Crippen LogP contribution in [0.1, 0.15) is 144 Å². The minimum Gasteiger partial charge on any atom is -0.481 e. The van der Waals surface area contributed by atoms with Crippen LogP contribution in [0.25, 0.3) is 0 Å². The van der Waals surface area contributed by atoms with Crippen LogP contribution in [0.4, 0.5) is 0 Å². The Morgan fingerprint density at radius 3 is 2.20 bits per heavy atom. The summed E-state index contributed by atoms with van der Waals surface area (Å²) >= 11 is 0. The Morgan fingerprint density at radius 1 is 0.864 bits per heavy atom. The van der Waals surface area contributed by atoms with Crippen LogP contribution >= 0.6 is 0 Å². The van der Waals surface area contributed by atoms with Crippen LogP contribution < -0.4 is 0 Å². The number of ether oxygens (including phenoxy) is 1. The smallest absolute Gasteiger partial charge is 0.309 e. The van der Waals surface area contributed by atoms with E-state index in [1.165, 1.54) is 5.57 Å². The van der Waals surface area contributed by atoms with Gasteiger partial charge in [-0.2, -0.15) is 0 Å². The number of Topliss-reactive ketones (excluding diaryl/α,β-unsaturated/α-hetero) is 1. The standard InChI is InChI=1S/C49H74N4O6/c1-29(2)40-35(54)24-49(25-39(55)53(22-21-52(11)12)28-31-27-50-26-30(3)51-31)20-19-47(9)32(41(40)49)13-14-37-46(8)17-16-38(45(6,7)36(46)15-18-48(37,47)10)59-43(58)34-23-33(42(56)57)44(34,4)5/h26-27,29,32-34,36-38H,13-25,28H2,1-12H3,(H,56,57)/t32-,33+,34-,36+,37-,38+,46+,47-,48-,49+/m1/s1. The van der Waals surface area contributed by atoms with E-state index in [1.54, 1.807) is 12.4 Å². The molecule has 0 unspecified atom stereocenters. The zero-order chi connectivity index (χ0) is 43.2. The average molecular weight is 815 g/mol. The molecule has 1 aromatic rings. The zero-order valence-corrected chi connectivity index (χ0v) is 38.4. The van der Waals surface area contributed by atoms with E-state index in [1.807, 2.05) is 39.8 Å². The number of esters is 1. The summed E-state index contributed by atoms with van der Waals surface area (Å²) in [5.74, 6) is -0.397. The van der Waals surface area contributed by atoms with E-state index in [4.69, 9.17) is 9.72 Å². The first-order valence-corrected chi connectivity index (χ1v) is 22.8. The highest BCUT2D eigenvalue weighted by molar-refractivity contribution is 6.01. The molecule has 10 heteroatoms. The summed E-state index contributed by atoms with van der Waals surface area (Å²) in [5, 5.41) is 9.69. The van der Waals surface area contributed by atoms with E-state index in [0.717, 1.165) is 74.9 Å². The van der Waals surface area contributed by atoms with Crippen LogP contribution in [0.5, 0.6) is 0 Å². The Bertz CT molecular complexity index is 1900. The first-order chi connectivity index (χ1) is 27.4. The molecule has 0 aromatic carbocycles. The van der Waals surface area contributed by atoms with Gasteiger partial charge in [-0.3, -0.25) is 29.1 Å². The fourth-order valence-electron chi connectivity index (χ4n) is 14.9. The molecule has 6 aliphatic rings. The number of allylic oxidation sites excluding steroid dienone is 2. The molecular formula is C49H74N4O6. The number of nitrogens with zero attached hydrogens (tertiary/aromatic N) is 4. The maximum atomic E-state index is 14.7. The summed E-state index contributed by atoms with van der Waals surface area (Å²) in [6.45, 7) is 24.1. The molecular weight excluding hydrogens is 741 g/mol. The molecule has 1 heterocycles. The number of carbonyl (C=O) groups is 4. The number of aryl methyl sites for hydroxylation is 1. The Hall–Kier alpha value is -3.14. The molecule has 0 bridgehead atoms. The predicted molar refractivity (Wildman–Crippen MR) is 228 cm³/mol. The summed E-state index contributed by atoms with van der Waals surface area (Å²) in [6.07, 6.45) is 12.4. The van der Waals surface area contributed by atoms with Crippen molar-refractivity contribution in [3.05, 3.63) is 34.9 Å². The number of carboxylic acids is 1. The molecule has 10 nitrogen and oxygen atoms in total. The number of rotatable bonds is 11. The molecule has 10 atom stereocenters. The van der Waals surface area contributed by atoms with Crippen LogP contribution in [-0.2, 0) is 30.5 Å². The van der Waals surface area contributed by atoms with Gasteiger partial charge in [0.2, 0.25) is 5.91 Å². The first-order valence-electron chi connectivity index (χ1n) is 22.8. The Kier molecular flexibility index (Phi) is 11.2. The van der Waals surface area contributed by atoms with Crippen LogP contribution in [-0.4, -0.2) is 81.8 Å². The van der Waals surface area contributed by atoms with Crippen molar-refractivity contribution in [2.24, 2.45) is 68.0 Å². The number of hydrogen-bond donors (Lipinski definition) is 1. The van der Waals surface area contributed by atoms with Gasteiger partial charge in [0.25, 0.3) is 0 Å². The summed E-state index contributed by atoms with van der Waals surface area (Å²) in [4.78, 5) is 67.7. The highest BCUT2D eigenvalue weighted by atomic mass is 16.5. The van der Waals surface area contributed by atoms with E-state index < -0.39 is 22.7 Å². The number of carbonyl (C=O) groups excluding carboxylic acids is 3. The number of aromatic nitrogens is 2. The largest absolute Gasteiger partial charge is 0.481 e. The van der Waals surface area contributed by atoms with Gasteiger partial charge in [0.15, 0.2) is 5.78 Å². The van der Waals surface area contributed by atoms with Crippen molar-refractivity contribution in [2.75, 3.05) is 27.2 Å². The van der Waals surface area contributed by atoms with Crippen LogP contribution in [0, 0.1) is 74.9 Å². The number of fused-ring (bicyclic) bond motifs is 7. The molecule has 6 aliphatic carbocycles. The third-order valence-corrected chi connectivity index (χ3v) is 18.4. The van der Waals surface area contributed by atoms with Gasteiger partial charge in [-0.25, -0.2) is 0 Å². The molecule has 0 radical (unpaired) electrons. The number of ketones is 1. The van der Waals surface area contributed by atoms with Crippen molar-refractivity contribution >= 4 is 23.6 Å². The normalized spacial score (nSPS) is 38.2. The topological polar surface area (TPSA) is 130 Å². The minimum atomic E-state index is -0.832. The highest BCUT2D eigenvalue weighted by Crippen LogP contribution is 2.77. The minimum absolute atomic E-state index is 0.0255. The van der Waals surface area contributed by atoms with E-state index in [0.29, 0.717) is 44.2 Å². The Balaban J connectivity index is 1.15. The van der Waals surface area contributed by atoms with Gasteiger partial charge in [0.1, 0.15) is 6.10 Å². The van der Waals surface area contributed by atoms with Gasteiger partial charge < -0.3 is 19.6 Å². The second kappa shape index (κ2) is 15.0. The molecule has 326 valence electrons. The summed E-state index contributed by atoms with van der Waals surface area (Å²) in [7, 11) is 4.06. The summed E-state index contributed by atoms with van der Waals surface area (Å²) in [6, 6.07) is 0. The van der Waals surface area contributed by atoms with Crippen LogP contribution in [0.15, 0.2) is 23.5 Å². The molecule has 1 N–H and O–H groups in total. The summed E-state index contributed by atoms with van der Waals surface area (Å²) in [5.41, 5.74) is 2.74. The maximum Gasteiger partial charge on any atom is 0.309 e. The number of likely N-dealkylation sites (N-methyl/N-ethyl adjacent to an activating group) is 1. The number of hydrogen-bond acceptors (Lipinski definition) is 8. The van der Waals surface area contributed by atoms with Crippen molar-refractivity contribution in [1.82, 2.24) is 19.8 Å². The third-order valence-electron chi connectivity index (χ3n) is 18.4. The lowest BCUT2D eigenvalue weighted by atomic mass is 9.33. The lowest BCUT2D eigenvalue weighted by Gasteiger charge is -2.72. The quantitative estimate of drug-likeness (QED) is 0.218. The van der Waals surface area contributed by atoms with Crippen molar-refractivity contribution in [3.63, 3.8) is 0 Å². The summed E-state index contributed by atoms with van der Waals surface area (Å²) < 4.78 is 6.44. The molecule has 1 amide bonds. The van der Waals surface area contributed by atoms with Crippen molar-refractivity contribution < 1.29 is 29.0 Å². The van der Waals surface area contributed by atoms with Crippen LogP contribution in [0.3, 0.4) is 0 Å². The molecule has 59 heavy (non-hydrogen) atoms. The van der Waals surface area contributed by atoms with Gasteiger partial charge in [0.05, 0.1) is 36.0 Å². The fraction of sp³-hybridized carbons (Fsp3) is 0.796. The molecule has 7 rings (SSSR count). The average Bonchev–Trinajstić information content (AvgIpc) is 3.42. The number of carboxylic acid groups (broad SMARTS) is 1. The predicted octanol–water partition coefficient (Wildman–Crippen LogP) is 8.70. The molecule has 0 aliphatic heterocycles. The van der Waals surface area contributed by atoms with Gasteiger partial charge >= 0.3 is 11.9 Å². The number of aliphatic carboxylic acids is 1. The monoisotopic (exact) mass is 815 g/mol. The lowest BCUT2D eigenvalue weighted by Crippen LogP contribution is -2.66. The maximum absolute atomic E-state index is 14.7. The fourth-order valence-corrected chi connectivity index (χ4v) is 14.9. The van der Waals surface area contributed by atoms with E-state index in [-0.39, 0.29) is 63.2 Å². The van der Waals surface area contributed by atoms with E-state index in [9.17, 15) is 24.3 Å². The van der Waals surface area contributed by atoms with Gasteiger partial charge in [-0.15, -0.1) is 0 Å². The van der Waals surface area contributed by atoms with Gasteiger partial charge in [0, 0.05) is 43.0 Å². The molecule has 5 fully saturated rings. The molecule has 0 saturated heterocycles. The Morgan fingerprint density at radius 2 is 1.58 bits per heavy atom. The molecule has 0 spiro atoms. The number of amides is 1. The van der Waals surface area contributed by atoms with Crippen LogP contribution in [0.2, 0.25) is 0 Å². The molecule has 1 aromatic heterocycles. The highest BCUT2D eigenvalue weighted by Gasteiger charge is 2.70. The van der Waals surface area contributed by atoms with E-state index in [2.05, 4.69) is 58.4 Å². The van der Waals surface area contributed by atoms with Crippen molar-refractivity contribution in [3.8, 4) is 0 Å². The van der Waals surface area contributed by atoms with Gasteiger partial charge in [-0.1, -0.05) is 67.9 Å². The van der Waals surface area contributed by atoms with Crippen molar-refractivity contribution in [2.45, 2.75) is 153 Å². The second-order valence-electron chi connectivity index (χ2n) is 22.7.